The number of carboxylic acid groups (broad SMARTS) is 1. The van der Waals surface area contributed by atoms with Crippen molar-refractivity contribution in [2.45, 2.75) is 141 Å². The van der Waals surface area contributed by atoms with Gasteiger partial charge >= 0.3 is 12.1 Å². The molecule has 2 aromatic rings. The summed E-state index contributed by atoms with van der Waals surface area (Å²) in [4.78, 5) is 21.4. The summed E-state index contributed by atoms with van der Waals surface area (Å²) < 4.78 is 39.9. The van der Waals surface area contributed by atoms with E-state index in [2.05, 4.69) is 64.3 Å². The number of nitrogens with zero attached hydrogens (tertiary/aromatic N) is 3. The molecule has 66 heavy (non-hydrogen) atoms. The number of fused-ring (bicyclic) bond motifs is 9. The van der Waals surface area contributed by atoms with E-state index in [9.17, 15) is 33.3 Å². The first-order valence-electron chi connectivity index (χ1n) is 24.1. The molecule has 0 aromatic heterocycles. The first-order chi connectivity index (χ1) is 30.0. The molecular weight excluding hydrogens is 907 g/mol. The van der Waals surface area contributed by atoms with Crippen LogP contribution in [-0.4, -0.2) is 101 Å². The first-order valence-corrected chi connectivity index (χ1v) is 24.9. The number of alkyl halides is 3. The van der Waals surface area contributed by atoms with Crippen LogP contribution in [0.1, 0.15) is 118 Å². The average molecular weight is 983 g/mol. The van der Waals surface area contributed by atoms with Crippen molar-refractivity contribution in [3.05, 3.63) is 59.7 Å². The van der Waals surface area contributed by atoms with Crippen molar-refractivity contribution < 1.29 is 38.4 Å². The molecule has 0 bridgehead atoms. The van der Waals surface area contributed by atoms with Crippen LogP contribution in [0.4, 0.5) is 24.5 Å². The van der Waals surface area contributed by atoms with Crippen molar-refractivity contribution in [1.29, 1.82) is 0 Å². The molecule has 5 fully saturated rings. The first kappa shape index (κ1) is 53.3. The number of halogens is 5. The molecule has 9 unspecified atom stereocenters. The number of para-hydroxylation sites is 1. The zero-order valence-electron chi connectivity index (χ0n) is 40.1. The Hall–Kier alpha value is -2.03. The van der Waals surface area contributed by atoms with E-state index in [-0.39, 0.29) is 70.5 Å². The van der Waals surface area contributed by atoms with E-state index in [1.807, 2.05) is 29.2 Å². The molecule has 4 saturated carbocycles. The molecule has 9 rings (SSSR count). The van der Waals surface area contributed by atoms with Crippen LogP contribution in [-0.2, 0) is 11.0 Å². The summed E-state index contributed by atoms with van der Waals surface area (Å²) in [6.45, 7) is 22.7. The summed E-state index contributed by atoms with van der Waals surface area (Å²) in [5.41, 5.74) is 1.30. The Morgan fingerprint density at radius 3 is 2.08 bits per heavy atom. The molecule has 2 aliphatic heterocycles. The number of piperazine rings is 1. The zero-order chi connectivity index (χ0) is 46.3. The van der Waals surface area contributed by atoms with Crippen LogP contribution >= 0.6 is 36.6 Å². The fourth-order valence-corrected chi connectivity index (χ4v) is 15.9. The molecule has 1 saturated heterocycles. The maximum atomic E-state index is 13.3. The van der Waals surface area contributed by atoms with Gasteiger partial charge in [0.25, 0.3) is 0 Å². The van der Waals surface area contributed by atoms with Crippen LogP contribution in [0.25, 0.3) is 0 Å². The Labute approximate surface area is 408 Å². The third-order valence-corrected chi connectivity index (χ3v) is 19.9. The summed E-state index contributed by atoms with van der Waals surface area (Å²) in [7, 11) is 0. The molecule has 370 valence electrons. The van der Waals surface area contributed by atoms with Crippen molar-refractivity contribution in [3.63, 3.8) is 0 Å². The minimum absolute atomic E-state index is 0. The second-order valence-electron chi connectivity index (χ2n) is 22.8. The molecule has 7 aliphatic rings. The predicted octanol–water partition coefficient (Wildman–Crippen LogP) is 11.4. The molecule has 4 N–H and O–H groups in total. The van der Waals surface area contributed by atoms with Gasteiger partial charge in [-0.25, -0.2) is 0 Å². The number of benzene rings is 2. The van der Waals surface area contributed by atoms with Crippen LogP contribution in [0.3, 0.4) is 0 Å². The highest BCUT2D eigenvalue weighted by molar-refractivity contribution is 7.99. The predicted molar refractivity (Wildman–Crippen MR) is 262 cm³/mol. The SMILES string of the molecule is CC1(C)CCC2(C(=O)O)C(O)CC3(C)C(=CCC4C5(C)CCC(O)C(C)(C)C5CCC43C)C2C1.Cl.Cl.OCCN1CCN(CCCN2c3ccccc3Sc3ccc(C(F)(F)F)cc32)CC1. The lowest BCUT2D eigenvalue weighted by molar-refractivity contribution is -0.218. The monoisotopic (exact) mass is 981 g/mol. The van der Waals surface area contributed by atoms with Crippen LogP contribution in [0.5, 0.6) is 0 Å². The number of carbonyl (C=O) groups is 1. The van der Waals surface area contributed by atoms with Gasteiger partial charge < -0.3 is 30.2 Å². The highest BCUT2D eigenvalue weighted by Gasteiger charge is 2.71. The summed E-state index contributed by atoms with van der Waals surface area (Å²) >= 11 is 1.53. The summed E-state index contributed by atoms with van der Waals surface area (Å²) in [5, 5.41) is 42.1. The van der Waals surface area contributed by atoms with Gasteiger partial charge in [-0.1, -0.05) is 84.0 Å². The van der Waals surface area contributed by atoms with E-state index < -0.39 is 29.2 Å². The average Bonchev–Trinajstić information content (AvgIpc) is 3.22. The van der Waals surface area contributed by atoms with E-state index in [1.165, 1.54) is 29.5 Å². The molecule has 8 nitrogen and oxygen atoms in total. The summed E-state index contributed by atoms with van der Waals surface area (Å²) in [5.74, 6) is 0.0888. The Morgan fingerprint density at radius 2 is 1.42 bits per heavy atom. The number of aliphatic hydroxyl groups is 3. The smallest absolute Gasteiger partial charge is 0.416 e. The van der Waals surface area contributed by atoms with Gasteiger partial charge in [-0.3, -0.25) is 9.69 Å². The second kappa shape index (κ2) is 19.3. The Balaban J connectivity index is 0.000000213. The topological polar surface area (TPSA) is 108 Å². The number of allylic oxidation sites excluding steroid dienone is 2. The van der Waals surface area contributed by atoms with Crippen molar-refractivity contribution in [3.8, 4) is 0 Å². The van der Waals surface area contributed by atoms with Crippen LogP contribution in [0, 0.1) is 50.2 Å². The number of aliphatic carboxylic acids is 1. The van der Waals surface area contributed by atoms with Crippen LogP contribution in [0.2, 0.25) is 0 Å². The van der Waals surface area contributed by atoms with Gasteiger partial charge in [0, 0.05) is 49.1 Å². The zero-order valence-corrected chi connectivity index (χ0v) is 42.6. The van der Waals surface area contributed by atoms with Gasteiger partial charge in [0.2, 0.25) is 0 Å². The van der Waals surface area contributed by atoms with Gasteiger partial charge in [-0.2, -0.15) is 13.2 Å². The number of carboxylic acids is 1. The standard InChI is InChI=1S/C30H48O4.C22H26F3N3OS.2ClH/c1-25(2)14-15-30(24(33)34)19(16-25)18-8-9-21-27(5)12-11-22(31)26(3,4)20(27)10-13-28(21,6)29(18,7)17-23(30)32;23-22(24,25)17-6-7-21-19(16-17)28(18-4-1-2-5-20(18)30-21)9-3-8-26-10-12-27(13-11-26)14-15-29;;/h8,19-23,31-32H,9-17H2,1-7H3,(H,33,34);1-2,4-7,16,29H,3,8-15H2;2*1H. The summed E-state index contributed by atoms with van der Waals surface area (Å²) in [6.07, 6.45) is 5.87. The van der Waals surface area contributed by atoms with Crippen molar-refractivity contribution >= 4 is 53.9 Å². The Kier molecular flexibility index (Phi) is 15.6. The Morgan fingerprint density at radius 1 is 0.773 bits per heavy atom. The highest BCUT2D eigenvalue weighted by Crippen LogP contribution is 2.75. The molecule has 9 atom stereocenters. The van der Waals surface area contributed by atoms with Gasteiger partial charge in [-0.15, -0.1) is 24.8 Å². The number of β-amino-alcohol motifs (C(OH)–C–C–N with tert-alkyl or cyclic N) is 1. The molecule has 2 aromatic carbocycles. The van der Waals surface area contributed by atoms with Gasteiger partial charge in [-0.05, 0) is 146 Å². The van der Waals surface area contributed by atoms with E-state index in [0.29, 0.717) is 43.5 Å². The number of aliphatic hydroxyl groups excluding tert-OH is 3. The third-order valence-electron chi connectivity index (χ3n) is 18.8. The number of hydrogen-bond acceptors (Lipinski definition) is 8. The largest absolute Gasteiger partial charge is 0.481 e. The number of anilines is 2. The van der Waals surface area contributed by atoms with Crippen LogP contribution in [0.15, 0.2) is 63.9 Å². The van der Waals surface area contributed by atoms with Gasteiger partial charge in [0.15, 0.2) is 0 Å². The molecule has 0 radical (unpaired) electrons. The lowest BCUT2D eigenvalue weighted by Crippen LogP contribution is -2.67. The molecule has 2 heterocycles. The van der Waals surface area contributed by atoms with Crippen LogP contribution < -0.4 is 4.90 Å². The van der Waals surface area contributed by atoms with Crippen molar-refractivity contribution in [2.24, 2.45) is 50.2 Å². The van der Waals surface area contributed by atoms with Crippen molar-refractivity contribution in [2.75, 3.05) is 57.3 Å². The van der Waals surface area contributed by atoms with E-state index in [4.69, 9.17) is 5.11 Å². The lowest BCUT2D eigenvalue weighted by Gasteiger charge is -2.71. The van der Waals surface area contributed by atoms with Gasteiger partial charge in [0.05, 0.1) is 35.8 Å². The second-order valence-corrected chi connectivity index (χ2v) is 23.9. The van der Waals surface area contributed by atoms with E-state index >= 15 is 0 Å². The molecule has 0 spiro atoms. The minimum Gasteiger partial charge on any atom is -0.481 e. The third kappa shape index (κ3) is 9.00. The van der Waals surface area contributed by atoms with Gasteiger partial charge in [0.1, 0.15) is 5.41 Å². The molecule has 0 amide bonds. The van der Waals surface area contributed by atoms with E-state index in [1.54, 1.807) is 6.07 Å². The molecule has 14 heteroatoms. The lowest BCUT2D eigenvalue weighted by atomic mass is 9.33. The number of rotatable bonds is 7. The summed E-state index contributed by atoms with van der Waals surface area (Å²) in [6, 6.07) is 11.9. The highest BCUT2D eigenvalue weighted by atomic mass is 35.5. The molecular formula is C52H76Cl2F3N3O5S. The number of hydrogen-bond donors (Lipinski definition) is 4. The molecule has 5 aliphatic carbocycles. The maximum absolute atomic E-state index is 13.3. The minimum atomic E-state index is -4.35. The van der Waals surface area contributed by atoms with E-state index in [0.717, 1.165) is 99.6 Å². The normalized spacial score (nSPS) is 35.6. The maximum Gasteiger partial charge on any atom is 0.416 e. The fraction of sp³-hybridized carbons (Fsp3) is 0.712. The van der Waals surface area contributed by atoms with Crippen molar-refractivity contribution in [1.82, 2.24) is 9.80 Å². The fourth-order valence-electron chi connectivity index (χ4n) is 14.8. The quantitative estimate of drug-likeness (QED) is 0.202. The Bertz CT molecular complexity index is 2100.